The summed E-state index contributed by atoms with van der Waals surface area (Å²) in [7, 11) is 0. The maximum absolute atomic E-state index is 13.0. The number of carboxylic acid groups (broad SMARTS) is 1. The molecule has 2 aliphatic heterocycles. The fourth-order valence-electron chi connectivity index (χ4n) is 4.63. The van der Waals surface area contributed by atoms with Crippen molar-refractivity contribution >= 4 is 29.5 Å². The molecule has 11 nitrogen and oxygen atoms in total. The number of hydrogen-bond acceptors (Lipinski definition) is 7. The van der Waals surface area contributed by atoms with Crippen LogP contribution in [0.25, 0.3) is 0 Å². The number of likely N-dealkylation sites (tertiary alicyclic amines) is 2. The van der Waals surface area contributed by atoms with Crippen molar-refractivity contribution in [1.82, 2.24) is 15.1 Å². The van der Waals surface area contributed by atoms with Gasteiger partial charge in [-0.2, -0.15) is 0 Å². The van der Waals surface area contributed by atoms with Gasteiger partial charge in [0, 0.05) is 38.3 Å². The molecule has 4 atom stereocenters. The quantitative estimate of drug-likeness (QED) is 0.290. The minimum Gasteiger partial charge on any atom is -0.481 e. The molecule has 186 valence electrons. The first-order valence-electron chi connectivity index (χ1n) is 11.7. The Labute approximate surface area is 193 Å². The maximum atomic E-state index is 13.0. The third kappa shape index (κ3) is 7.23. The van der Waals surface area contributed by atoms with Gasteiger partial charge in [0.15, 0.2) is 5.78 Å². The molecule has 0 aromatic heterocycles. The minimum absolute atomic E-state index is 0.0256. The third-order valence-corrected chi connectivity index (χ3v) is 6.29. The standard InChI is InChI=1S/C22H36N4O7/c1-2-4-18(28)16-5-3-10-25(16)19(29)12-24-21(32)17-11-15(27)13-26(17)22(33)14(8-9-23)6-7-20(30)31/h14-17,27H,2-13,23H2,1H3,(H,24,32)(H,30,31). The van der Waals surface area contributed by atoms with Crippen LogP contribution in [-0.2, 0) is 24.0 Å². The number of nitrogens with one attached hydrogen (secondary N) is 1. The summed E-state index contributed by atoms with van der Waals surface area (Å²) in [6, 6.07) is -1.41. The molecular weight excluding hydrogens is 432 g/mol. The number of Topliss-reactive ketones (excluding diaryl/α,β-unsaturated/α-hetero) is 1. The average Bonchev–Trinajstić information content (AvgIpc) is 3.41. The Bertz CT molecular complexity index is 744. The fraction of sp³-hybridized carbons (Fsp3) is 0.773. The number of hydrogen-bond donors (Lipinski definition) is 4. The highest BCUT2D eigenvalue weighted by molar-refractivity contribution is 5.94. The molecule has 0 aromatic rings. The Kier molecular flexibility index (Phi) is 10.2. The lowest BCUT2D eigenvalue weighted by Gasteiger charge is -2.28. The van der Waals surface area contributed by atoms with Crippen LogP contribution in [0.3, 0.4) is 0 Å². The van der Waals surface area contributed by atoms with Crippen LogP contribution in [0.1, 0.15) is 58.3 Å². The van der Waals surface area contributed by atoms with Crippen LogP contribution < -0.4 is 11.1 Å². The number of nitrogens with zero attached hydrogens (tertiary/aromatic N) is 2. The number of aliphatic hydroxyl groups is 1. The van der Waals surface area contributed by atoms with E-state index in [4.69, 9.17) is 10.8 Å². The van der Waals surface area contributed by atoms with Crippen LogP contribution >= 0.6 is 0 Å². The van der Waals surface area contributed by atoms with E-state index in [2.05, 4.69) is 5.32 Å². The Morgan fingerprint density at radius 2 is 1.82 bits per heavy atom. The summed E-state index contributed by atoms with van der Waals surface area (Å²) < 4.78 is 0. The fourth-order valence-corrected chi connectivity index (χ4v) is 4.63. The van der Waals surface area contributed by atoms with Gasteiger partial charge in [-0.05, 0) is 38.6 Å². The van der Waals surface area contributed by atoms with Gasteiger partial charge < -0.3 is 31.1 Å². The molecule has 0 spiro atoms. The van der Waals surface area contributed by atoms with E-state index in [1.807, 2.05) is 6.92 Å². The summed E-state index contributed by atoms with van der Waals surface area (Å²) in [5.74, 6) is -3.00. The summed E-state index contributed by atoms with van der Waals surface area (Å²) in [4.78, 5) is 64.5. The predicted molar refractivity (Wildman–Crippen MR) is 118 cm³/mol. The third-order valence-electron chi connectivity index (χ3n) is 6.29. The van der Waals surface area contributed by atoms with E-state index >= 15 is 0 Å². The van der Waals surface area contributed by atoms with Crippen molar-refractivity contribution in [3.63, 3.8) is 0 Å². The first-order chi connectivity index (χ1) is 15.7. The number of aliphatic carboxylic acids is 1. The summed E-state index contributed by atoms with van der Waals surface area (Å²) in [6.45, 7) is 2.22. The second-order valence-corrected chi connectivity index (χ2v) is 8.78. The zero-order valence-electron chi connectivity index (χ0n) is 19.2. The Morgan fingerprint density at radius 3 is 2.45 bits per heavy atom. The van der Waals surface area contributed by atoms with E-state index < -0.39 is 41.9 Å². The van der Waals surface area contributed by atoms with Crippen LogP contribution in [0.4, 0.5) is 0 Å². The van der Waals surface area contributed by atoms with Crippen molar-refractivity contribution in [1.29, 1.82) is 0 Å². The second kappa shape index (κ2) is 12.6. The van der Waals surface area contributed by atoms with Gasteiger partial charge in [0.05, 0.1) is 18.7 Å². The molecule has 0 radical (unpaired) electrons. The molecular formula is C22H36N4O7. The van der Waals surface area contributed by atoms with E-state index in [1.165, 1.54) is 9.80 Å². The number of β-amino-alcohol motifs (C(OH)–C–C–N with tert-alkyl or cyclic N) is 1. The van der Waals surface area contributed by atoms with Gasteiger partial charge in [0.1, 0.15) is 6.04 Å². The van der Waals surface area contributed by atoms with Gasteiger partial charge in [0.2, 0.25) is 17.7 Å². The van der Waals surface area contributed by atoms with Gasteiger partial charge in [-0.25, -0.2) is 0 Å². The van der Waals surface area contributed by atoms with Gasteiger partial charge >= 0.3 is 5.97 Å². The largest absolute Gasteiger partial charge is 0.481 e. The highest BCUT2D eigenvalue weighted by Crippen LogP contribution is 2.24. The first-order valence-corrected chi connectivity index (χ1v) is 11.7. The molecule has 0 bridgehead atoms. The molecule has 2 saturated heterocycles. The Hall–Kier alpha value is -2.53. The van der Waals surface area contributed by atoms with Gasteiger partial charge in [0.25, 0.3) is 0 Å². The summed E-state index contributed by atoms with van der Waals surface area (Å²) in [5, 5.41) is 21.6. The minimum atomic E-state index is -1.03. The molecule has 5 N–H and O–H groups in total. The normalized spacial score (nSPS) is 23.4. The molecule has 0 aliphatic carbocycles. The smallest absolute Gasteiger partial charge is 0.303 e. The summed E-state index contributed by atoms with van der Waals surface area (Å²) in [6.07, 6.45) is 1.76. The molecule has 0 saturated carbocycles. The van der Waals surface area contributed by atoms with Crippen LogP contribution in [0.2, 0.25) is 0 Å². The molecule has 3 amide bonds. The van der Waals surface area contributed by atoms with E-state index in [1.54, 1.807) is 0 Å². The highest BCUT2D eigenvalue weighted by Gasteiger charge is 2.41. The molecule has 2 aliphatic rings. The van der Waals surface area contributed by atoms with Crippen LogP contribution in [0.5, 0.6) is 0 Å². The average molecular weight is 469 g/mol. The van der Waals surface area contributed by atoms with Crippen molar-refractivity contribution in [2.45, 2.75) is 76.5 Å². The van der Waals surface area contributed by atoms with Gasteiger partial charge in [-0.3, -0.25) is 24.0 Å². The zero-order valence-corrected chi connectivity index (χ0v) is 19.2. The summed E-state index contributed by atoms with van der Waals surface area (Å²) in [5.41, 5.74) is 5.57. The molecule has 33 heavy (non-hydrogen) atoms. The van der Waals surface area contributed by atoms with Gasteiger partial charge in [-0.1, -0.05) is 6.92 Å². The van der Waals surface area contributed by atoms with Gasteiger partial charge in [-0.15, -0.1) is 0 Å². The van der Waals surface area contributed by atoms with Crippen molar-refractivity contribution in [3.8, 4) is 0 Å². The highest BCUT2D eigenvalue weighted by atomic mass is 16.4. The van der Waals surface area contributed by atoms with E-state index in [9.17, 15) is 29.1 Å². The summed E-state index contributed by atoms with van der Waals surface area (Å²) >= 11 is 0. The van der Waals surface area contributed by atoms with Crippen molar-refractivity contribution in [2.75, 3.05) is 26.2 Å². The first kappa shape index (κ1) is 26.7. The van der Waals surface area contributed by atoms with E-state index in [0.29, 0.717) is 25.8 Å². The number of amides is 3. The maximum Gasteiger partial charge on any atom is 0.303 e. The van der Waals surface area contributed by atoms with Crippen LogP contribution in [-0.4, -0.2) is 93.9 Å². The zero-order chi connectivity index (χ0) is 24.5. The lowest BCUT2D eigenvalue weighted by Crippen LogP contribution is -2.51. The number of rotatable bonds is 12. The lowest BCUT2D eigenvalue weighted by atomic mass is 9.97. The SMILES string of the molecule is CCCC(=O)C1CCCN1C(=O)CNC(=O)C1CC(O)CN1C(=O)C(CCN)CCC(=O)O. The van der Waals surface area contributed by atoms with Crippen LogP contribution in [0.15, 0.2) is 0 Å². The topological polar surface area (TPSA) is 170 Å². The number of carbonyl (C=O) groups excluding carboxylic acids is 4. The van der Waals surface area contributed by atoms with Crippen molar-refractivity contribution in [2.24, 2.45) is 11.7 Å². The number of ketones is 1. The Morgan fingerprint density at radius 1 is 1.09 bits per heavy atom. The molecule has 2 fully saturated rings. The number of carbonyl (C=O) groups is 5. The van der Waals surface area contributed by atoms with Crippen LogP contribution in [0, 0.1) is 5.92 Å². The monoisotopic (exact) mass is 468 g/mol. The molecule has 0 aromatic carbocycles. The lowest BCUT2D eigenvalue weighted by molar-refractivity contribution is -0.143. The number of carboxylic acids is 1. The Balaban J connectivity index is 1.99. The van der Waals surface area contributed by atoms with E-state index in [-0.39, 0.29) is 57.0 Å². The van der Waals surface area contributed by atoms with Crippen molar-refractivity contribution < 1.29 is 34.2 Å². The van der Waals surface area contributed by atoms with Crippen molar-refractivity contribution in [3.05, 3.63) is 0 Å². The molecule has 11 heteroatoms. The second-order valence-electron chi connectivity index (χ2n) is 8.78. The predicted octanol–water partition coefficient (Wildman–Crippen LogP) is -0.746. The number of aliphatic hydroxyl groups excluding tert-OH is 1. The molecule has 4 unspecified atom stereocenters. The molecule has 2 rings (SSSR count). The number of nitrogens with two attached hydrogens (primary N) is 1. The van der Waals surface area contributed by atoms with E-state index in [0.717, 1.165) is 6.42 Å². The molecule has 2 heterocycles.